The van der Waals surface area contributed by atoms with Gasteiger partial charge in [0.15, 0.2) is 0 Å². The molecule has 0 saturated heterocycles. The van der Waals surface area contributed by atoms with Crippen molar-refractivity contribution in [2.24, 2.45) is 0 Å². The Balaban J connectivity index is 2.94. The number of nitrogens with zero attached hydrogens (tertiary/aromatic N) is 2. The average Bonchev–Trinajstić information content (AvgIpc) is 2.16. The normalized spacial score (nSPS) is 9.57. The fourth-order valence-corrected chi connectivity index (χ4v) is 1.12. The predicted molar refractivity (Wildman–Crippen MR) is 55.2 cm³/mol. The van der Waals surface area contributed by atoms with Gasteiger partial charge in [0.2, 0.25) is 5.91 Å². The van der Waals surface area contributed by atoms with E-state index in [0.717, 1.165) is 0 Å². The van der Waals surface area contributed by atoms with E-state index in [-0.39, 0.29) is 11.6 Å². The molecule has 0 radical (unpaired) electrons. The van der Waals surface area contributed by atoms with Gasteiger partial charge in [0, 0.05) is 19.1 Å². The smallest absolute Gasteiger partial charge is 0.269 e. The van der Waals surface area contributed by atoms with Crippen molar-refractivity contribution >= 4 is 33.4 Å². The van der Waals surface area contributed by atoms with Crippen molar-refractivity contribution in [3.8, 4) is 0 Å². The predicted octanol–water partition coefficient (Wildman–Crippen LogP) is 2.26. The second kappa shape index (κ2) is 4.19. The molecule has 0 unspecified atom stereocenters. The topological polar surface area (TPSA) is 63.5 Å². The highest BCUT2D eigenvalue weighted by molar-refractivity contribution is 9.10. The van der Waals surface area contributed by atoms with Crippen LogP contribution in [0.25, 0.3) is 0 Å². The third-order valence-electron chi connectivity index (χ3n) is 1.56. The van der Waals surface area contributed by atoms with Gasteiger partial charge in [0.25, 0.3) is 5.69 Å². The van der Waals surface area contributed by atoms with Crippen molar-refractivity contribution in [1.82, 2.24) is 0 Å². The van der Waals surface area contributed by atoms with E-state index in [4.69, 9.17) is 0 Å². The van der Waals surface area contributed by atoms with E-state index in [1.165, 1.54) is 35.1 Å². The van der Waals surface area contributed by atoms with Gasteiger partial charge in [-0.3, -0.25) is 14.9 Å². The molecule has 0 aliphatic heterocycles. The number of nitro benzene ring substituents is 1. The number of anilines is 1. The van der Waals surface area contributed by atoms with Gasteiger partial charge in [-0.05, 0) is 12.1 Å². The fraction of sp³-hybridized carbons (Fsp3) is 0.125. The first kappa shape index (κ1) is 10.6. The van der Waals surface area contributed by atoms with Gasteiger partial charge in [-0.1, -0.05) is 0 Å². The monoisotopic (exact) mass is 258 g/mol. The second-order valence-electron chi connectivity index (χ2n) is 2.57. The Morgan fingerprint density at radius 1 is 1.43 bits per heavy atom. The molecule has 0 bridgehead atoms. The van der Waals surface area contributed by atoms with Crippen LogP contribution in [0.1, 0.15) is 6.92 Å². The van der Waals surface area contributed by atoms with E-state index in [2.05, 4.69) is 16.1 Å². The van der Waals surface area contributed by atoms with E-state index >= 15 is 0 Å². The fourth-order valence-electron chi connectivity index (χ4n) is 0.887. The summed E-state index contributed by atoms with van der Waals surface area (Å²) >= 11 is 3.03. The molecule has 0 aliphatic rings. The highest BCUT2D eigenvalue weighted by atomic mass is 79.9. The van der Waals surface area contributed by atoms with Crippen molar-refractivity contribution in [2.45, 2.75) is 6.92 Å². The summed E-state index contributed by atoms with van der Waals surface area (Å²) in [6, 6.07) is 5.67. The zero-order valence-electron chi connectivity index (χ0n) is 7.31. The zero-order valence-corrected chi connectivity index (χ0v) is 8.89. The van der Waals surface area contributed by atoms with Crippen LogP contribution in [0.4, 0.5) is 11.4 Å². The van der Waals surface area contributed by atoms with Crippen LogP contribution in [0.15, 0.2) is 24.3 Å². The minimum absolute atomic E-state index is 0.00166. The van der Waals surface area contributed by atoms with Crippen LogP contribution in [0.2, 0.25) is 0 Å². The molecule has 14 heavy (non-hydrogen) atoms. The van der Waals surface area contributed by atoms with Gasteiger partial charge >= 0.3 is 0 Å². The maximum atomic E-state index is 10.9. The van der Waals surface area contributed by atoms with Gasteiger partial charge < -0.3 is 0 Å². The van der Waals surface area contributed by atoms with Crippen LogP contribution in [0.5, 0.6) is 0 Å². The Morgan fingerprint density at radius 2 is 1.93 bits per heavy atom. The van der Waals surface area contributed by atoms with Crippen molar-refractivity contribution in [2.75, 3.05) is 3.93 Å². The van der Waals surface area contributed by atoms with Gasteiger partial charge in [-0.15, -0.1) is 0 Å². The van der Waals surface area contributed by atoms with E-state index in [1.54, 1.807) is 0 Å². The van der Waals surface area contributed by atoms with E-state index in [0.29, 0.717) is 5.69 Å². The molecule has 0 aromatic heterocycles. The number of carbonyl (C=O) groups excluding carboxylic acids is 1. The second-order valence-corrected chi connectivity index (χ2v) is 3.28. The van der Waals surface area contributed by atoms with E-state index in [9.17, 15) is 14.9 Å². The molecule has 0 N–H and O–H groups in total. The number of nitro groups is 1. The van der Waals surface area contributed by atoms with Crippen LogP contribution < -0.4 is 3.93 Å². The Morgan fingerprint density at radius 3 is 2.29 bits per heavy atom. The molecule has 1 aromatic rings. The molecule has 0 spiro atoms. The molecule has 6 heteroatoms. The van der Waals surface area contributed by atoms with Crippen molar-refractivity contribution in [1.29, 1.82) is 0 Å². The summed E-state index contributed by atoms with van der Waals surface area (Å²) in [5.74, 6) is -0.196. The molecule has 0 heterocycles. The quantitative estimate of drug-likeness (QED) is 0.465. The molecule has 1 rings (SSSR count). The molecule has 5 nitrogen and oxygen atoms in total. The number of carbonyl (C=O) groups is 1. The van der Waals surface area contributed by atoms with Crippen LogP contribution >= 0.6 is 16.1 Å². The summed E-state index contributed by atoms with van der Waals surface area (Å²) in [6.45, 7) is 1.39. The minimum atomic E-state index is -0.490. The number of amides is 1. The SMILES string of the molecule is CC(=O)N(Br)c1ccc([N+](=O)[O-])cc1. The molecule has 1 aromatic carbocycles. The summed E-state index contributed by atoms with van der Waals surface area (Å²) < 4.78 is 1.23. The van der Waals surface area contributed by atoms with Crippen LogP contribution in [0, 0.1) is 10.1 Å². The molecular weight excluding hydrogens is 252 g/mol. The lowest BCUT2D eigenvalue weighted by molar-refractivity contribution is -0.384. The van der Waals surface area contributed by atoms with Crippen LogP contribution in [0.3, 0.4) is 0 Å². The van der Waals surface area contributed by atoms with Gasteiger partial charge in [-0.25, -0.2) is 3.93 Å². The number of hydrogen-bond donors (Lipinski definition) is 0. The largest absolute Gasteiger partial charge is 0.274 e. The summed E-state index contributed by atoms with van der Waals surface area (Å²) in [5, 5.41) is 10.3. The lowest BCUT2D eigenvalue weighted by Crippen LogP contribution is -2.15. The molecule has 74 valence electrons. The summed E-state index contributed by atoms with van der Waals surface area (Å²) in [4.78, 5) is 20.7. The van der Waals surface area contributed by atoms with Crippen LogP contribution in [-0.4, -0.2) is 10.8 Å². The number of hydrogen-bond acceptors (Lipinski definition) is 3. The van der Waals surface area contributed by atoms with Crippen LogP contribution in [-0.2, 0) is 4.79 Å². The van der Waals surface area contributed by atoms with E-state index in [1.807, 2.05) is 0 Å². The number of benzene rings is 1. The molecular formula is C8H7BrN2O3. The zero-order chi connectivity index (χ0) is 10.7. The number of halogens is 1. The Hall–Kier alpha value is -1.43. The summed E-state index contributed by atoms with van der Waals surface area (Å²) in [7, 11) is 0. The first-order chi connectivity index (χ1) is 6.52. The maximum Gasteiger partial charge on any atom is 0.269 e. The molecule has 0 fully saturated rings. The standard InChI is InChI=1S/C8H7BrN2O3/c1-6(12)10(9)7-2-4-8(5-3-7)11(13)14/h2-5H,1H3. The number of rotatable bonds is 2. The minimum Gasteiger partial charge on any atom is -0.274 e. The Kier molecular flexibility index (Phi) is 3.19. The highest BCUT2D eigenvalue weighted by Gasteiger charge is 2.09. The summed E-state index contributed by atoms with van der Waals surface area (Å²) in [6.07, 6.45) is 0. The lowest BCUT2D eigenvalue weighted by atomic mass is 10.3. The van der Waals surface area contributed by atoms with E-state index < -0.39 is 4.92 Å². The van der Waals surface area contributed by atoms with Gasteiger partial charge in [0.1, 0.15) is 0 Å². The first-order valence-corrected chi connectivity index (χ1v) is 4.44. The van der Waals surface area contributed by atoms with Gasteiger partial charge in [0.05, 0.1) is 26.8 Å². The lowest BCUT2D eigenvalue weighted by Gasteiger charge is -2.10. The van der Waals surface area contributed by atoms with Crippen molar-refractivity contribution < 1.29 is 9.72 Å². The Labute approximate surface area is 88.8 Å². The molecule has 0 aliphatic carbocycles. The maximum absolute atomic E-state index is 10.9. The molecule has 0 atom stereocenters. The third kappa shape index (κ3) is 2.29. The van der Waals surface area contributed by atoms with Crippen molar-refractivity contribution in [3.63, 3.8) is 0 Å². The Bertz CT molecular complexity index is 363. The molecule has 0 saturated carbocycles. The third-order valence-corrected chi connectivity index (χ3v) is 2.47. The summed E-state index contributed by atoms with van der Waals surface area (Å²) in [5.41, 5.74) is 0.557. The first-order valence-electron chi connectivity index (χ1n) is 3.73. The number of non-ortho nitro benzene ring substituents is 1. The van der Waals surface area contributed by atoms with Crippen molar-refractivity contribution in [3.05, 3.63) is 34.4 Å². The van der Waals surface area contributed by atoms with Gasteiger partial charge in [-0.2, -0.15) is 0 Å². The molecule has 1 amide bonds. The highest BCUT2D eigenvalue weighted by Crippen LogP contribution is 2.21. The average molecular weight is 259 g/mol.